The zero-order chi connectivity index (χ0) is 14.9. The molecule has 1 saturated heterocycles. The molecular weight excluding hydrogens is 304 g/mol. The van der Waals surface area contributed by atoms with Gasteiger partial charge >= 0.3 is 5.97 Å². The average Bonchev–Trinajstić information content (AvgIpc) is 2.80. The van der Waals surface area contributed by atoms with Crippen molar-refractivity contribution in [1.29, 1.82) is 0 Å². The van der Waals surface area contributed by atoms with Gasteiger partial charge in [0.1, 0.15) is 10.3 Å². The fourth-order valence-electron chi connectivity index (χ4n) is 1.95. The van der Waals surface area contributed by atoms with E-state index in [0.29, 0.717) is 4.88 Å². The van der Waals surface area contributed by atoms with E-state index in [2.05, 4.69) is 5.32 Å². The van der Waals surface area contributed by atoms with Crippen molar-refractivity contribution in [2.75, 3.05) is 13.1 Å². The Morgan fingerprint density at radius 1 is 1.55 bits per heavy atom. The number of carbonyl (C=O) groups excluding carboxylic acids is 1. The summed E-state index contributed by atoms with van der Waals surface area (Å²) in [5.74, 6) is -1.34. The standard InChI is InChI=1S/C11H14N2O5S2/c1-7-11(16)12-4-5-13(7)20(17,18)10-3-2-8(19-10)6-9(14)15/h2-3,7H,4-6H2,1H3,(H,12,16)(H,14,15). The van der Waals surface area contributed by atoms with Gasteiger partial charge in [0.05, 0.1) is 6.42 Å². The minimum Gasteiger partial charge on any atom is -0.481 e. The summed E-state index contributed by atoms with van der Waals surface area (Å²) in [7, 11) is -3.76. The fourth-order valence-corrected chi connectivity index (χ4v) is 5.02. The van der Waals surface area contributed by atoms with Crippen LogP contribution < -0.4 is 5.32 Å². The van der Waals surface area contributed by atoms with Gasteiger partial charge in [0, 0.05) is 18.0 Å². The highest BCUT2D eigenvalue weighted by Gasteiger charge is 2.36. The Balaban J connectivity index is 2.27. The number of hydrogen-bond acceptors (Lipinski definition) is 5. The highest BCUT2D eigenvalue weighted by molar-refractivity contribution is 7.91. The summed E-state index contributed by atoms with van der Waals surface area (Å²) in [4.78, 5) is 22.6. The maximum Gasteiger partial charge on any atom is 0.308 e. The fraction of sp³-hybridized carbons (Fsp3) is 0.455. The van der Waals surface area contributed by atoms with Gasteiger partial charge in [-0.25, -0.2) is 8.42 Å². The Labute approximate surface area is 120 Å². The molecule has 0 saturated carbocycles. The lowest BCUT2D eigenvalue weighted by molar-refractivity contribution is -0.136. The molecule has 2 rings (SSSR count). The summed E-state index contributed by atoms with van der Waals surface area (Å²) in [5, 5.41) is 11.3. The minimum absolute atomic E-state index is 0.0651. The third-order valence-corrected chi connectivity index (χ3v) is 6.49. The molecule has 1 fully saturated rings. The lowest BCUT2D eigenvalue weighted by atomic mass is 10.2. The van der Waals surface area contributed by atoms with Crippen molar-refractivity contribution in [2.45, 2.75) is 23.6 Å². The molecule has 1 aromatic heterocycles. The molecule has 0 bridgehead atoms. The highest BCUT2D eigenvalue weighted by atomic mass is 32.2. The van der Waals surface area contributed by atoms with Crippen molar-refractivity contribution in [3.63, 3.8) is 0 Å². The molecule has 1 aliphatic heterocycles. The predicted molar refractivity (Wildman–Crippen MR) is 72.0 cm³/mol. The number of amides is 1. The van der Waals surface area contributed by atoms with Crippen molar-refractivity contribution in [3.8, 4) is 0 Å². The largest absolute Gasteiger partial charge is 0.481 e. The summed E-state index contributed by atoms with van der Waals surface area (Å²) in [6, 6.07) is 2.11. The molecule has 0 radical (unpaired) electrons. The van der Waals surface area contributed by atoms with E-state index in [9.17, 15) is 18.0 Å². The van der Waals surface area contributed by atoms with Crippen LogP contribution >= 0.6 is 11.3 Å². The van der Waals surface area contributed by atoms with E-state index in [0.717, 1.165) is 15.6 Å². The number of carboxylic acid groups (broad SMARTS) is 1. The predicted octanol–water partition coefficient (Wildman–Crippen LogP) is -0.116. The van der Waals surface area contributed by atoms with Gasteiger partial charge in [0.2, 0.25) is 5.91 Å². The van der Waals surface area contributed by atoms with Crippen molar-refractivity contribution >= 4 is 33.2 Å². The molecule has 1 aromatic rings. The molecule has 1 aliphatic rings. The third-order valence-electron chi connectivity index (χ3n) is 2.97. The maximum atomic E-state index is 12.5. The molecular formula is C11H14N2O5S2. The number of rotatable bonds is 4. The summed E-state index contributed by atoms with van der Waals surface area (Å²) >= 11 is 0.923. The van der Waals surface area contributed by atoms with Gasteiger partial charge in [-0.3, -0.25) is 9.59 Å². The van der Waals surface area contributed by atoms with Gasteiger partial charge in [-0.05, 0) is 19.1 Å². The first kappa shape index (κ1) is 14.9. The molecule has 0 aromatic carbocycles. The van der Waals surface area contributed by atoms with Gasteiger partial charge in [-0.2, -0.15) is 4.31 Å². The van der Waals surface area contributed by atoms with Gasteiger partial charge in [-0.1, -0.05) is 0 Å². The highest BCUT2D eigenvalue weighted by Crippen LogP contribution is 2.27. The second kappa shape index (κ2) is 5.51. The smallest absolute Gasteiger partial charge is 0.308 e. The number of aliphatic carboxylic acids is 1. The monoisotopic (exact) mass is 318 g/mol. The van der Waals surface area contributed by atoms with Crippen LogP contribution in [0.1, 0.15) is 11.8 Å². The van der Waals surface area contributed by atoms with Gasteiger partial charge in [0.25, 0.3) is 10.0 Å². The number of piperazine rings is 1. The Morgan fingerprint density at radius 3 is 2.90 bits per heavy atom. The average molecular weight is 318 g/mol. The maximum absolute atomic E-state index is 12.5. The lowest BCUT2D eigenvalue weighted by Gasteiger charge is -2.31. The number of nitrogens with one attached hydrogen (secondary N) is 1. The molecule has 1 amide bonds. The van der Waals surface area contributed by atoms with E-state index in [1.165, 1.54) is 19.1 Å². The molecule has 0 aliphatic carbocycles. The van der Waals surface area contributed by atoms with Crippen molar-refractivity contribution in [3.05, 3.63) is 17.0 Å². The zero-order valence-corrected chi connectivity index (χ0v) is 12.3. The lowest BCUT2D eigenvalue weighted by Crippen LogP contribution is -2.55. The van der Waals surface area contributed by atoms with E-state index in [-0.39, 0.29) is 29.6 Å². The van der Waals surface area contributed by atoms with E-state index >= 15 is 0 Å². The van der Waals surface area contributed by atoms with Crippen LogP contribution in [0.3, 0.4) is 0 Å². The Hall–Kier alpha value is -1.45. The number of carbonyl (C=O) groups is 2. The minimum atomic E-state index is -3.76. The van der Waals surface area contributed by atoms with Crippen LogP contribution in [0.15, 0.2) is 16.3 Å². The van der Waals surface area contributed by atoms with Crippen LogP contribution in [-0.2, 0) is 26.0 Å². The molecule has 2 N–H and O–H groups in total. The third kappa shape index (κ3) is 2.84. The van der Waals surface area contributed by atoms with Gasteiger partial charge < -0.3 is 10.4 Å². The van der Waals surface area contributed by atoms with Crippen molar-refractivity contribution < 1.29 is 23.1 Å². The molecule has 1 atom stereocenters. The first-order valence-electron chi connectivity index (χ1n) is 5.92. The number of thiophene rings is 1. The summed E-state index contributed by atoms with van der Waals surface area (Å²) in [5.41, 5.74) is 0. The molecule has 20 heavy (non-hydrogen) atoms. The molecule has 1 unspecified atom stereocenters. The van der Waals surface area contributed by atoms with Crippen LogP contribution in [-0.4, -0.2) is 48.8 Å². The topological polar surface area (TPSA) is 104 Å². The Morgan fingerprint density at radius 2 is 2.25 bits per heavy atom. The quantitative estimate of drug-likeness (QED) is 0.806. The van der Waals surface area contributed by atoms with Crippen molar-refractivity contribution in [1.82, 2.24) is 9.62 Å². The number of nitrogens with zero attached hydrogens (tertiary/aromatic N) is 1. The van der Waals surface area contributed by atoms with Gasteiger partial charge in [-0.15, -0.1) is 11.3 Å². The van der Waals surface area contributed by atoms with Crippen LogP contribution in [0.2, 0.25) is 0 Å². The second-order valence-electron chi connectivity index (χ2n) is 4.37. The Bertz CT molecular complexity index is 637. The second-order valence-corrected chi connectivity index (χ2v) is 7.66. The molecule has 9 heteroatoms. The summed E-state index contributed by atoms with van der Waals surface area (Å²) in [6.45, 7) is 2.01. The van der Waals surface area contributed by atoms with Gasteiger partial charge in [0.15, 0.2) is 0 Å². The molecule has 7 nitrogen and oxygen atoms in total. The van der Waals surface area contributed by atoms with Crippen LogP contribution in [0.5, 0.6) is 0 Å². The first-order valence-corrected chi connectivity index (χ1v) is 8.18. The normalized spacial score (nSPS) is 20.6. The van der Waals surface area contributed by atoms with Crippen LogP contribution in [0.4, 0.5) is 0 Å². The summed E-state index contributed by atoms with van der Waals surface area (Å²) in [6.07, 6.45) is -0.212. The van der Waals surface area contributed by atoms with Crippen LogP contribution in [0, 0.1) is 0 Å². The molecule has 110 valence electrons. The van der Waals surface area contributed by atoms with Crippen molar-refractivity contribution in [2.24, 2.45) is 0 Å². The molecule has 2 heterocycles. The summed E-state index contributed by atoms with van der Waals surface area (Å²) < 4.78 is 26.1. The van der Waals surface area contributed by atoms with E-state index in [1.54, 1.807) is 0 Å². The zero-order valence-electron chi connectivity index (χ0n) is 10.7. The van der Waals surface area contributed by atoms with Crippen LogP contribution in [0.25, 0.3) is 0 Å². The SMILES string of the molecule is CC1C(=O)NCCN1S(=O)(=O)c1ccc(CC(=O)O)s1. The van der Waals surface area contributed by atoms with E-state index in [1.807, 2.05) is 0 Å². The first-order chi connectivity index (χ1) is 9.32. The van der Waals surface area contributed by atoms with E-state index < -0.39 is 22.0 Å². The van der Waals surface area contributed by atoms with E-state index in [4.69, 9.17) is 5.11 Å². The molecule has 0 spiro atoms. The number of sulfonamides is 1. The Kier molecular flexibility index (Phi) is 4.11. The number of carboxylic acids is 1. The number of hydrogen-bond donors (Lipinski definition) is 2.